The van der Waals surface area contributed by atoms with E-state index in [4.69, 9.17) is 9.47 Å². The number of hydrogen-bond acceptors (Lipinski definition) is 4. The van der Waals surface area contributed by atoms with Gasteiger partial charge in [-0.3, -0.25) is 4.79 Å². The van der Waals surface area contributed by atoms with E-state index in [1.807, 2.05) is 49.4 Å². The van der Waals surface area contributed by atoms with Gasteiger partial charge in [-0.1, -0.05) is 42.5 Å². The predicted octanol–water partition coefficient (Wildman–Crippen LogP) is 6.79. The van der Waals surface area contributed by atoms with E-state index in [2.05, 4.69) is 80.0 Å². The zero-order valence-electron chi connectivity index (χ0n) is 18.4. The molecule has 7 heteroatoms. The van der Waals surface area contributed by atoms with Crippen LogP contribution in [0.4, 0.5) is 0 Å². The summed E-state index contributed by atoms with van der Waals surface area (Å²) in [6, 6.07) is 25.6. The molecule has 0 fully saturated rings. The first-order chi connectivity index (χ1) is 16.5. The van der Waals surface area contributed by atoms with Crippen LogP contribution in [0.3, 0.4) is 0 Å². The summed E-state index contributed by atoms with van der Waals surface area (Å²) >= 11 is 4.43. The zero-order valence-corrected chi connectivity index (χ0v) is 22.7. The normalized spacial score (nSPS) is 11.0. The maximum atomic E-state index is 12.3. The van der Waals surface area contributed by atoms with Crippen molar-refractivity contribution in [1.29, 1.82) is 0 Å². The van der Waals surface area contributed by atoms with Crippen LogP contribution < -0.4 is 14.9 Å². The summed E-state index contributed by atoms with van der Waals surface area (Å²) in [6.45, 7) is 2.87. The van der Waals surface area contributed by atoms with Crippen molar-refractivity contribution in [3.8, 4) is 11.5 Å². The number of amides is 1. The SMILES string of the molecule is CCOc1cc(/C=N\NC(=O)c2ccc(I)cc2)cc(I)c1OCc1cccc2ccccc12. The van der Waals surface area contributed by atoms with Gasteiger partial charge in [0.15, 0.2) is 11.5 Å². The molecule has 0 saturated heterocycles. The summed E-state index contributed by atoms with van der Waals surface area (Å²) in [6.07, 6.45) is 1.60. The van der Waals surface area contributed by atoms with E-state index in [1.165, 1.54) is 10.8 Å². The number of carbonyl (C=O) groups excluding carboxylic acids is 1. The van der Waals surface area contributed by atoms with Crippen LogP contribution in [0.1, 0.15) is 28.4 Å². The lowest BCUT2D eigenvalue weighted by Crippen LogP contribution is -2.17. The molecule has 0 atom stereocenters. The Morgan fingerprint density at radius 1 is 0.971 bits per heavy atom. The number of benzene rings is 4. The van der Waals surface area contributed by atoms with Crippen molar-refractivity contribution in [1.82, 2.24) is 5.43 Å². The third kappa shape index (κ3) is 6.06. The van der Waals surface area contributed by atoms with Crippen LogP contribution in [0, 0.1) is 7.14 Å². The van der Waals surface area contributed by atoms with E-state index in [9.17, 15) is 4.79 Å². The molecule has 4 aromatic rings. The van der Waals surface area contributed by atoms with Gasteiger partial charge < -0.3 is 9.47 Å². The van der Waals surface area contributed by atoms with E-state index in [0.717, 1.165) is 18.3 Å². The van der Waals surface area contributed by atoms with Crippen LogP contribution in [0.5, 0.6) is 11.5 Å². The monoisotopic (exact) mass is 676 g/mol. The van der Waals surface area contributed by atoms with Crippen molar-refractivity contribution in [2.45, 2.75) is 13.5 Å². The van der Waals surface area contributed by atoms with Gasteiger partial charge in [-0.15, -0.1) is 0 Å². The van der Waals surface area contributed by atoms with E-state index in [0.29, 0.717) is 30.3 Å². The molecule has 4 aromatic carbocycles. The average molecular weight is 676 g/mol. The molecule has 0 aromatic heterocycles. The lowest BCUT2D eigenvalue weighted by Gasteiger charge is -2.15. The largest absolute Gasteiger partial charge is 0.490 e. The number of ether oxygens (including phenoxy) is 2. The molecule has 0 saturated carbocycles. The van der Waals surface area contributed by atoms with E-state index in [-0.39, 0.29) is 5.91 Å². The fourth-order valence-electron chi connectivity index (χ4n) is 3.47. The quantitative estimate of drug-likeness (QED) is 0.127. The molecule has 0 bridgehead atoms. The van der Waals surface area contributed by atoms with Gasteiger partial charge in [0.2, 0.25) is 0 Å². The van der Waals surface area contributed by atoms with Gasteiger partial charge in [-0.25, -0.2) is 5.43 Å². The highest BCUT2D eigenvalue weighted by Gasteiger charge is 2.13. The van der Waals surface area contributed by atoms with Crippen LogP contribution in [0.25, 0.3) is 10.8 Å². The Bertz CT molecular complexity index is 1330. The van der Waals surface area contributed by atoms with E-state index in [1.54, 1.807) is 18.3 Å². The van der Waals surface area contributed by atoms with Crippen LogP contribution >= 0.6 is 45.2 Å². The Morgan fingerprint density at radius 3 is 2.53 bits per heavy atom. The molecule has 172 valence electrons. The second-order valence-electron chi connectivity index (χ2n) is 7.40. The smallest absolute Gasteiger partial charge is 0.271 e. The highest BCUT2D eigenvalue weighted by Crippen LogP contribution is 2.35. The summed E-state index contributed by atoms with van der Waals surface area (Å²) in [5.74, 6) is 1.07. The van der Waals surface area contributed by atoms with Crippen molar-refractivity contribution in [2.75, 3.05) is 6.61 Å². The third-order valence-corrected chi connectivity index (χ3v) is 6.59. The Hall–Kier alpha value is -2.66. The van der Waals surface area contributed by atoms with Crippen molar-refractivity contribution in [3.63, 3.8) is 0 Å². The first-order valence-corrected chi connectivity index (χ1v) is 12.9. The molecule has 34 heavy (non-hydrogen) atoms. The summed E-state index contributed by atoms with van der Waals surface area (Å²) in [5, 5.41) is 6.47. The zero-order chi connectivity index (χ0) is 23.9. The number of fused-ring (bicyclic) bond motifs is 1. The minimum absolute atomic E-state index is 0.262. The fourth-order valence-corrected chi connectivity index (χ4v) is 4.61. The number of carbonyl (C=O) groups is 1. The number of rotatable bonds is 8. The molecular formula is C27H22I2N2O3. The van der Waals surface area contributed by atoms with Crippen molar-refractivity contribution < 1.29 is 14.3 Å². The van der Waals surface area contributed by atoms with Crippen LogP contribution in [-0.4, -0.2) is 18.7 Å². The molecular weight excluding hydrogens is 654 g/mol. The fraction of sp³-hybridized carbons (Fsp3) is 0.111. The summed E-state index contributed by atoms with van der Waals surface area (Å²) in [7, 11) is 0. The van der Waals surface area contributed by atoms with Crippen LogP contribution in [0.15, 0.2) is 84.0 Å². The van der Waals surface area contributed by atoms with Gasteiger partial charge >= 0.3 is 0 Å². The Morgan fingerprint density at radius 2 is 1.74 bits per heavy atom. The molecule has 0 heterocycles. The van der Waals surface area contributed by atoms with Crippen molar-refractivity contribution >= 4 is 68.1 Å². The maximum Gasteiger partial charge on any atom is 0.271 e. The van der Waals surface area contributed by atoms with Gasteiger partial charge in [-0.05, 0) is 110 Å². The van der Waals surface area contributed by atoms with Crippen molar-refractivity contribution in [3.05, 3.63) is 103 Å². The topological polar surface area (TPSA) is 59.9 Å². The highest BCUT2D eigenvalue weighted by atomic mass is 127. The molecule has 4 rings (SSSR count). The van der Waals surface area contributed by atoms with Crippen molar-refractivity contribution in [2.24, 2.45) is 5.10 Å². The lowest BCUT2D eigenvalue weighted by molar-refractivity contribution is 0.0955. The lowest BCUT2D eigenvalue weighted by atomic mass is 10.1. The minimum atomic E-state index is -0.262. The molecule has 0 radical (unpaired) electrons. The summed E-state index contributed by atoms with van der Waals surface area (Å²) < 4.78 is 14.1. The second-order valence-corrected chi connectivity index (χ2v) is 9.80. The molecule has 1 amide bonds. The van der Waals surface area contributed by atoms with Crippen LogP contribution in [0.2, 0.25) is 0 Å². The van der Waals surface area contributed by atoms with Crippen LogP contribution in [-0.2, 0) is 6.61 Å². The Balaban J connectivity index is 1.50. The van der Waals surface area contributed by atoms with Gasteiger partial charge in [0, 0.05) is 9.13 Å². The number of hydrazone groups is 1. The first kappa shape index (κ1) is 24.5. The molecule has 0 aliphatic heterocycles. The maximum absolute atomic E-state index is 12.3. The molecule has 0 aliphatic rings. The molecule has 1 N–H and O–H groups in total. The summed E-state index contributed by atoms with van der Waals surface area (Å²) in [4.78, 5) is 12.3. The number of nitrogens with zero attached hydrogens (tertiary/aromatic N) is 1. The number of hydrogen-bond donors (Lipinski definition) is 1. The Labute approximate surface area is 225 Å². The molecule has 5 nitrogen and oxygen atoms in total. The van der Waals surface area contributed by atoms with E-state index < -0.39 is 0 Å². The third-order valence-electron chi connectivity index (χ3n) is 5.07. The highest BCUT2D eigenvalue weighted by molar-refractivity contribution is 14.1. The number of nitrogens with one attached hydrogen (secondary N) is 1. The molecule has 0 spiro atoms. The first-order valence-electron chi connectivity index (χ1n) is 10.7. The van der Waals surface area contributed by atoms with Gasteiger partial charge in [0.1, 0.15) is 6.61 Å². The number of halogens is 2. The van der Waals surface area contributed by atoms with E-state index >= 15 is 0 Å². The predicted molar refractivity (Wildman–Crippen MR) is 153 cm³/mol. The van der Waals surface area contributed by atoms with Gasteiger partial charge in [-0.2, -0.15) is 5.10 Å². The Kier molecular flexibility index (Phi) is 8.39. The van der Waals surface area contributed by atoms with Gasteiger partial charge in [0.05, 0.1) is 16.4 Å². The summed E-state index contributed by atoms with van der Waals surface area (Å²) in [5.41, 5.74) is 5.04. The standard InChI is InChI=1S/C27H22I2N2O3/c1-2-33-25-15-18(16-30-31-27(32)20-10-12-22(28)13-11-20)14-24(29)26(25)34-17-21-8-5-7-19-6-3-4-9-23(19)21/h3-16H,2,17H2,1H3,(H,31,32)/b30-16-. The minimum Gasteiger partial charge on any atom is -0.490 e. The van der Waals surface area contributed by atoms with Gasteiger partial charge in [0.25, 0.3) is 5.91 Å². The average Bonchev–Trinajstić information content (AvgIpc) is 2.84. The second kappa shape index (κ2) is 11.7. The molecule has 0 aliphatic carbocycles. The molecule has 0 unspecified atom stereocenters.